The van der Waals surface area contributed by atoms with Gasteiger partial charge >= 0.3 is 0 Å². The van der Waals surface area contributed by atoms with Gasteiger partial charge < -0.3 is 9.88 Å². The van der Waals surface area contributed by atoms with E-state index in [1.165, 1.54) is 31.5 Å². The highest BCUT2D eigenvalue weighted by Crippen LogP contribution is 2.32. The fourth-order valence-electron chi connectivity index (χ4n) is 3.30. The van der Waals surface area contributed by atoms with Gasteiger partial charge in [-0.05, 0) is 38.5 Å². The van der Waals surface area contributed by atoms with Crippen LogP contribution in [0.4, 0.5) is 0 Å². The van der Waals surface area contributed by atoms with Gasteiger partial charge in [0.1, 0.15) is 12.2 Å². The third-order valence-electron chi connectivity index (χ3n) is 4.08. The van der Waals surface area contributed by atoms with Crippen LogP contribution >= 0.6 is 0 Å². The number of aryl methyl sites for hydroxylation is 1. The van der Waals surface area contributed by atoms with Gasteiger partial charge in [-0.2, -0.15) is 0 Å². The largest absolute Gasteiger partial charge is 0.318 e. The molecule has 1 N–H and O–H groups in total. The molecule has 88 valence electrons. The lowest BCUT2D eigenvalue weighted by atomic mass is 9.89. The van der Waals surface area contributed by atoms with E-state index in [1.807, 2.05) is 6.33 Å². The Balaban J connectivity index is 1.66. The topological polar surface area (TPSA) is 42.7 Å². The van der Waals surface area contributed by atoms with Crippen LogP contribution in [0.5, 0.6) is 0 Å². The van der Waals surface area contributed by atoms with Gasteiger partial charge in [0.05, 0.1) is 0 Å². The van der Waals surface area contributed by atoms with E-state index in [9.17, 15) is 0 Å². The van der Waals surface area contributed by atoms with Crippen LogP contribution in [-0.4, -0.2) is 26.8 Å². The molecule has 3 heterocycles. The van der Waals surface area contributed by atoms with Crippen LogP contribution in [0, 0.1) is 5.92 Å². The molecule has 1 aromatic heterocycles. The zero-order valence-electron chi connectivity index (χ0n) is 9.89. The summed E-state index contributed by atoms with van der Waals surface area (Å²) >= 11 is 0. The van der Waals surface area contributed by atoms with E-state index >= 15 is 0 Å². The van der Waals surface area contributed by atoms with Gasteiger partial charge in [0, 0.05) is 25.0 Å². The number of aromatic nitrogens is 3. The minimum absolute atomic E-state index is 0.779. The zero-order chi connectivity index (χ0) is 11.0. The van der Waals surface area contributed by atoms with Crippen LogP contribution in [0.1, 0.15) is 38.4 Å². The molecule has 16 heavy (non-hydrogen) atoms. The van der Waals surface area contributed by atoms with Crippen molar-refractivity contribution in [2.75, 3.05) is 0 Å². The summed E-state index contributed by atoms with van der Waals surface area (Å²) in [7, 11) is 0. The lowest BCUT2D eigenvalue weighted by molar-refractivity contribution is 0.293. The first-order valence-electron chi connectivity index (χ1n) is 6.48. The van der Waals surface area contributed by atoms with E-state index in [-0.39, 0.29) is 0 Å². The molecule has 2 atom stereocenters. The maximum absolute atomic E-state index is 4.24. The van der Waals surface area contributed by atoms with Crippen molar-refractivity contribution in [3.8, 4) is 0 Å². The summed E-state index contributed by atoms with van der Waals surface area (Å²) < 4.78 is 2.17. The SMILES string of the molecule is CCn1cnnc1CC1CC2CCC(C1)N2. The molecule has 2 saturated heterocycles. The summed E-state index contributed by atoms with van der Waals surface area (Å²) in [4.78, 5) is 0. The summed E-state index contributed by atoms with van der Waals surface area (Å²) in [6.45, 7) is 3.14. The molecular formula is C12H20N4. The van der Waals surface area contributed by atoms with Crippen LogP contribution in [0.3, 0.4) is 0 Å². The third kappa shape index (κ3) is 1.86. The van der Waals surface area contributed by atoms with Gasteiger partial charge in [-0.25, -0.2) is 0 Å². The molecule has 4 nitrogen and oxygen atoms in total. The predicted molar refractivity (Wildman–Crippen MR) is 62.1 cm³/mol. The van der Waals surface area contributed by atoms with E-state index in [0.29, 0.717) is 0 Å². The highest BCUT2D eigenvalue weighted by atomic mass is 15.3. The maximum atomic E-state index is 4.24. The second-order valence-corrected chi connectivity index (χ2v) is 5.21. The summed E-state index contributed by atoms with van der Waals surface area (Å²) in [5.41, 5.74) is 0. The number of fused-ring (bicyclic) bond motifs is 2. The molecule has 2 aliphatic rings. The Morgan fingerprint density at radius 3 is 2.81 bits per heavy atom. The van der Waals surface area contributed by atoms with Crippen LogP contribution < -0.4 is 5.32 Å². The molecule has 0 saturated carbocycles. The normalized spacial score (nSPS) is 33.2. The van der Waals surface area contributed by atoms with Crippen molar-refractivity contribution in [1.82, 2.24) is 20.1 Å². The second kappa shape index (κ2) is 4.17. The van der Waals surface area contributed by atoms with Crippen molar-refractivity contribution < 1.29 is 0 Å². The molecule has 2 unspecified atom stereocenters. The molecule has 2 bridgehead atoms. The van der Waals surface area contributed by atoms with E-state index in [2.05, 4.69) is 27.0 Å². The van der Waals surface area contributed by atoms with E-state index in [0.717, 1.165) is 31.0 Å². The average molecular weight is 220 g/mol. The van der Waals surface area contributed by atoms with Gasteiger partial charge in [-0.15, -0.1) is 10.2 Å². The number of hydrogen-bond donors (Lipinski definition) is 1. The van der Waals surface area contributed by atoms with Crippen molar-refractivity contribution >= 4 is 0 Å². The van der Waals surface area contributed by atoms with Crippen molar-refractivity contribution in [1.29, 1.82) is 0 Å². The molecule has 2 fully saturated rings. The third-order valence-corrected chi connectivity index (χ3v) is 4.08. The maximum Gasteiger partial charge on any atom is 0.133 e. The highest BCUT2D eigenvalue weighted by molar-refractivity contribution is 4.96. The molecule has 0 aromatic carbocycles. The fraction of sp³-hybridized carbons (Fsp3) is 0.833. The lowest BCUT2D eigenvalue weighted by Crippen LogP contribution is -2.38. The molecule has 0 amide bonds. The summed E-state index contributed by atoms with van der Waals surface area (Å²) in [5, 5.41) is 11.9. The quantitative estimate of drug-likeness (QED) is 0.836. The summed E-state index contributed by atoms with van der Waals surface area (Å²) in [6, 6.07) is 1.56. The Morgan fingerprint density at radius 2 is 2.12 bits per heavy atom. The van der Waals surface area contributed by atoms with Crippen molar-refractivity contribution in [3.05, 3.63) is 12.2 Å². The Kier molecular flexibility index (Phi) is 2.67. The Morgan fingerprint density at radius 1 is 1.38 bits per heavy atom. The van der Waals surface area contributed by atoms with Gasteiger partial charge in [-0.3, -0.25) is 0 Å². The number of nitrogens with zero attached hydrogens (tertiary/aromatic N) is 3. The Hall–Kier alpha value is -0.900. The van der Waals surface area contributed by atoms with Gasteiger partial charge in [0.25, 0.3) is 0 Å². The summed E-state index contributed by atoms with van der Waals surface area (Å²) in [5.74, 6) is 1.99. The van der Waals surface area contributed by atoms with Crippen LogP contribution in [0.2, 0.25) is 0 Å². The highest BCUT2D eigenvalue weighted by Gasteiger charge is 2.33. The lowest BCUT2D eigenvalue weighted by Gasteiger charge is -2.28. The first-order chi connectivity index (χ1) is 7.85. The first kappa shape index (κ1) is 10.3. The smallest absolute Gasteiger partial charge is 0.133 e. The van der Waals surface area contributed by atoms with E-state index in [1.54, 1.807) is 0 Å². The Labute approximate surface area is 96.4 Å². The molecule has 0 aliphatic carbocycles. The minimum atomic E-state index is 0.779. The first-order valence-corrected chi connectivity index (χ1v) is 6.48. The van der Waals surface area contributed by atoms with Gasteiger partial charge in [-0.1, -0.05) is 0 Å². The number of nitrogens with one attached hydrogen (secondary N) is 1. The summed E-state index contributed by atoms with van der Waals surface area (Å²) in [6.07, 6.45) is 8.37. The van der Waals surface area contributed by atoms with Crippen molar-refractivity contribution in [2.24, 2.45) is 5.92 Å². The molecule has 0 radical (unpaired) electrons. The van der Waals surface area contributed by atoms with Gasteiger partial charge in [0.15, 0.2) is 0 Å². The fourth-order valence-corrected chi connectivity index (χ4v) is 3.30. The van der Waals surface area contributed by atoms with Gasteiger partial charge in [0.2, 0.25) is 0 Å². The molecule has 4 heteroatoms. The zero-order valence-corrected chi connectivity index (χ0v) is 9.89. The Bertz CT molecular complexity index is 348. The molecule has 1 aromatic rings. The van der Waals surface area contributed by atoms with Crippen molar-refractivity contribution in [2.45, 2.75) is 57.7 Å². The van der Waals surface area contributed by atoms with Crippen LogP contribution in [-0.2, 0) is 13.0 Å². The monoisotopic (exact) mass is 220 g/mol. The van der Waals surface area contributed by atoms with E-state index < -0.39 is 0 Å². The molecular weight excluding hydrogens is 200 g/mol. The van der Waals surface area contributed by atoms with E-state index in [4.69, 9.17) is 0 Å². The predicted octanol–water partition coefficient (Wildman–Crippen LogP) is 1.37. The molecule has 0 spiro atoms. The standard InChI is InChI=1S/C12H20N4/c1-2-16-8-13-15-12(16)7-9-5-10-3-4-11(6-9)14-10/h8-11,14H,2-7H2,1H3. The van der Waals surface area contributed by atoms with Crippen molar-refractivity contribution in [3.63, 3.8) is 0 Å². The number of hydrogen-bond acceptors (Lipinski definition) is 3. The average Bonchev–Trinajstić information content (AvgIpc) is 2.85. The van der Waals surface area contributed by atoms with Crippen LogP contribution in [0.15, 0.2) is 6.33 Å². The number of piperidine rings is 1. The molecule has 3 rings (SSSR count). The minimum Gasteiger partial charge on any atom is -0.318 e. The molecule has 2 aliphatic heterocycles. The second-order valence-electron chi connectivity index (χ2n) is 5.21. The van der Waals surface area contributed by atoms with Crippen LogP contribution in [0.25, 0.3) is 0 Å². The number of rotatable bonds is 3.